The molecule has 0 aliphatic carbocycles. The fourth-order valence-corrected chi connectivity index (χ4v) is 3.74. The maximum Gasteiger partial charge on any atom is 0.256 e. The van der Waals surface area contributed by atoms with E-state index >= 15 is 0 Å². The van der Waals surface area contributed by atoms with Crippen LogP contribution in [0.5, 0.6) is 0 Å². The minimum absolute atomic E-state index is 0.204. The van der Waals surface area contributed by atoms with E-state index in [-0.39, 0.29) is 5.91 Å². The van der Waals surface area contributed by atoms with Crippen molar-refractivity contribution in [3.63, 3.8) is 0 Å². The van der Waals surface area contributed by atoms with Crippen LogP contribution in [-0.2, 0) is 0 Å². The highest BCUT2D eigenvalue weighted by Gasteiger charge is 2.25. The summed E-state index contributed by atoms with van der Waals surface area (Å²) in [5.74, 6) is 2.11. The highest BCUT2D eigenvalue weighted by Crippen LogP contribution is 2.28. The SMILES string of the molecule is Cc1ccc(N2CCCC2)c(C(=O)N2CCSC2)c1. The summed E-state index contributed by atoms with van der Waals surface area (Å²) >= 11 is 1.84. The Morgan fingerprint density at radius 2 is 2.00 bits per heavy atom. The van der Waals surface area contributed by atoms with Gasteiger partial charge in [-0.3, -0.25) is 4.79 Å². The molecule has 2 heterocycles. The molecule has 2 saturated heterocycles. The molecule has 3 rings (SSSR count). The Morgan fingerprint density at radius 3 is 2.68 bits per heavy atom. The molecule has 3 nitrogen and oxygen atoms in total. The quantitative estimate of drug-likeness (QED) is 0.830. The lowest BCUT2D eigenvalue weighted by molar-refractivity contribution is 0.0803. The number of benzene rings is 1. The lowest BCUT2D eigenvalue weighted by Crippen LogP contribution is -2.30. The van der Waals surface area contributed by atoms with Crippen LogP contribution in [0, 0.1) is 6.92 Å². The van der Waals surface area contributed by atoms with Gasteiger partial charge in [0, 0.05) is 31.1 Å². The lowest BCUT2D eigenvalue weighted by Gasteiger charge is -2.23. The Morgan fingerprint density at radius 1 is 1.21 bits per heavy atom. The fourth-order valence-electron chi connectivity index (χ4n) is 2.80. The maximum absolute atomic E-state index is 12.7. The molecule has 0 atom stereocenters. The Balaban J connectivity index is 1.93. The zero-order valence-electron chi connectivity index (χ0n) is 11.4. The van der Waals surface area contributed by atoms with Crippen LogP contribution < -0.4 is 4.90 Å². The van der Waals surface area contributed by atoms with E-state index in [1.165, 1.54) is 12.8 Å². The monoisotopic (exact) mass is 276 g/mol. The first-order valence-corrected chi connectivity index (χ1v) is 8.14. The predicted octanol–water partition coefficient (Wildman–Crippen LogP) is 2.74. The van der Waals surface area contributed by atoms with Gasteiger partial charge in [-0.2, -0.15) is 0 Å². The minimum Gasteiger partial charge on any atom is -0.371 e. The van der Waals surface area contributed by atoms with E-state index < -0.39 is 0 Å². The highest BCUT2D eigenvalue weighted by molar-refractivity contribution is 7.99. The average Bonchev–Trinajstić information content (AvgIpc) is 3.11. The Hall–Kier alpha value is -1.16. The van der Waals surface area contributed by atoms with Gasteiger partial charge in [-0.15, -0.1) is 11.8 Å². The third-order valence-corrected chi connectivity index (χ3v) is 4.83. The van der Waals surface area contributed by atoms with Crippen LogP contribution in [0.15, 0.2) is 18.2 Å². The zero-order valence-corrected chi connectivity index (χ0v) is 12.2. The minimum atomic E-state index is 0.204. The molecule has 0 spiro atoms. The second kappa shape index (κ2) is 5.45. The van der Waals surface area contributed by atoms with E-state index in [0.29, 0.717) is 0 Å². The molecule has 1 aromatic rings. The van der Waals surface area contributed by atoms with E-state index in [1.54, 1.807) is 0 Å². The molecule has 19 heavy (non-hydrogen) atoms. The molecule has 102 valence electrons. The average molecular weight is 276 g/mol. The first-order valence-electron chi connectivity index (χ1n) is 6.98. The summed E-state index contributed by atoms with van der Waals surface area (Å²) in [6.07, 6.45) is 2.47. The summed E-state index contributed by atoms with van der Waals surface area (Å²) < 4.78 is 0. The van der Waals surface area contributed by atoms with E-state index in [1.807, 2.05) is 16.7 Å². The molecular formula is C15H20N2OS. The second-order valence-corrected chi connectivity index (χ2v) is 6.40. The van der Waals surface area contributed by atoms with Crippen molar-refractivity contribution in [2.45, 2.75) is 19.8 Å². The van der Waals surface area contributed by atoms with E-state index in [4.69, 9.17) is 0 Å². The molecule has 0 saturated carbocycles. The largest absolute Gasteiger partial charge is 0.371 e. The van der Waals surface area contributed by atoms with E-state index in [0.717, 1.165) is 48.1 Å². The Labute approximate surface area is 119 Å². The molecule has 2 fully saturated rings. The van der Waals surface area contributed by atoms with Crippen molar-refractivity contribution in [1.82, 2.24) is 4.90 Å². The zero-order chi connectivity index (χ0) is 13.2. The first kappa shape index (κ1) is 12.9. The summed E-state index contributed by atoms with van der Waals surface area (Å²) in [4.78, 5) is 17.0. The molecule has 4 heteroatoms. The molecule has 0 aromatic heterocycles. The number of hydrogen-bond acceptors (Lipinski definition) is 3. The topological polar surface area (TPSA) is 23.6 Å². The predicted molar refractivity (Wildman–Crippen MR) is 81.0 cm³/mol. The van der Waals surface area contributed by atoms with Crippen LogP contribution in [0.4, 0.5) is 5.69 Å². The number of nitrogens with zero attached hydrogens (tertiary/aromatic N) is 2. The smallest absolute Gasteiger partial charge is 0.256 e. The lowest BCUT2D eigenvalue weighted by atomic mass is 10.1. The van der Waals surface area contributed by atoms with Crippen LogP contribution in [0.1, 0.15) is 28.8 Å². The highest BCUT2D eigenvalue weighted by atomic mass is 32.2. The normalized spacial score (nSPS) is 19.2. The summed E-state index contributed by atoms with van der Waals surface area (Å²) in [5, 5.41) is 0. The first-order chi connectivity index (χ1) is 9.25. The van der Waals surface area contributed by atoms with Gasteiger partial charge in [-0.1, -0.05) is 11.6 Å². The third-order valence-electron chi connectivity index (χ3n) is 3.87. The maximum atomic E-state index is 12.7. The van der Waals surface area contributed by atoms with Gasteiger partial charge < -0.3 is 9.80 Å². The van der Waals surface area contributed by atoms with Crippen molar-refractivity contribution < 1.29 is 4.79 Å². The molecular weight excluding hydrogens is 256 g/mol. The second-order valence-electron chi connectivity index (χ2n) is 5.32. The van der Waals surface area contributed by atoms with Crippen molar-refractivity contribution in [2.24, 2.45) is 0 Å². The standard InChI is InChI=1S/C15H20N2OS/c1-12-4-5-14(16-6-2-3-7-16)13(10-12)15(18)17-8-9-19-11-17/h4-5,10H,2-3,6-9,11H2,1H3. The van der Waals surface area contributed by atoms with Crippen molar-refractivity contribution >= 4 is 23.4 Å². The number of carbonyl (C=O) groups excluding carboxylic acids is 1. The van der Waals surface area contributed by atoms with Crippen LogP contribution in [-0.4, -0.2) is 42.1 Å². The van der Waals surface area contributed by atoms with Crippen molar-refractivity contribution in [3.8, 4) is 0 Å². The molecule has 0 unspecified atom stereocenters. The molecule has 0 bridgehead atoms. The van der Waals surface area contributed by atoms with Gasteiger partial charge in [-0.25, -0.2) is 0 Å². The Kier molecular flexibility index (Phi) is 3.69. The molecule has 0 radical (unpaired) electrons. The van der Waals surface area contributed by atoms with Crippen LogP contribution >= 0.6 is 11.8 Å². The van der Waals surface area contributed by atoms with Crippen molar-refractivity contribution in [2.75, 3.05) is 36.2 Å². The van der Waals surface area contributed by atoms with Gasteiger partial charge in [0.05, 0.1) is 11.4 Å². The van der Waals surface area contributed by atoms with Gasteiger partial charge in [0.15, 0.2) is 0 Å². The van der Waals surface area contributed by atoms with Crippen molar-refractivity contribution in [1.29, 1.82) is 0 Å². The molecule has 1 aromatic carbocycles. The van der Waals surface area contributed by atoms with Crippen molar-refractivity contribution in [3.05, 3.63) is 29.3 Å². The number of thioether (sulfide) groups is 1. The molecule has 0 N–H and O–H groups in total. The number of carbonyl (C=O) groups is 1. The van der Waals surface area contributed by atoms with Gasteiger partial charge in [0.2, 0.25) is 0 Å². The Bertz CT molecular complexity index is 477. The molecule has 2 aliphatic rings. The summed E-state index contributed by atoms with van der Waals surface area (Å²) in [6.45, 7) is 5.11. The fraction of sp³-hybridized carbons (Fsp3) is 0.533. The van der Waals surface area contributed by atoms with Gasteiger partial charge in [0.25, 0.3) is 5.91 Å². The van der Waals surface area contributed by atoms with E-state index in [9.17, 15) is 4.79 Å². The van der Waals surface area contributed by atoms with Gasteiger partial charge in [0.1, 0.15) is 0 Å². The molecule has 1 amide bonds. The van der Waals surface area contributed by atoms with E-state index in [2.05, 4.69) is 30.0 Å². The number of anilines is 1. The summed E-state index contributed by atoms with van der Waals surface area (Å²) in [7, 11) is 0. The van der Waals surface area contributed by atoms with Crippen LogP contribution in [0.25, 0.3) is 0 Å². The summed E-state index contributed by atoms with van der Waals surface area (Å²) in [6, 6.07) is 6.29. The number of rotatable bonds is 2. The number of amides is 1. The van der Waals surface area contributed by atoms with Crippen LogP contribution in [0.3, 0.4) is 0 Å². The number of aryl methyl sites for hydroxylation is 1. The van der Waals surface area contributed by atoms with Gasteiger partial charge >= 0.3 is 0 Å². The van der Waals surface area contributed by atoms with Gasteiger partial charge in [-0.05, 0) is 31.9 Å². The van der Waals surface area contributed by atoms with Crippen LogP contribution in [0.2, 0.25) is 0 Å². The third kappa shape index (κ3) is 2.59. The molecule has 2 aliphatic heterocycles. The number of hydrogen-bond donors (Lipinski definition) is 0. The summed E-state index contributed by atoms with van der Waals surface area (Å²) in [5.41, 5.74) is 3.19.